The van der Waals surface area contributed by atoms with Crippen LogP contribution >= 0.6 is 11.6 Å². The number of aromatic nitrogens is 2. The second-order valence-electron chi connectivity index (χ2n) is 7.88. The number of piperazine rings is 1. The van der Waals surface area contributed by atoms with Crippen LogP contribution in [0.25, 0.3) is 11.4 Å². The summed E-state index contributed by atoms with van der Waals surface area (Å²) < 4.78 is 5.02. The Morgan fingerprint density at radius 2 is 1.70 bits per heavy atom. The molecule has 1 N–H and O–H groups in total. The van der Waals surface area contributed by atoms with Crippen LogP contribution in [0.3, 0.4) is 0 Å². The molecule has 1 fully saturated rings. The lowest BCUT2D eigenvalue weighted by atomic mass is 9.96. The number of halogens is 1. The van der Waals surface area contributed by atoms with Crippen LogP contribution in [0.1, 0.15) is 37.7 Å². The van der Waals surface area contributed by atoms with E-state index in [1.54, 1.807) is 23.6 Å². The van der Waals surface area contributed by atoms with Crippen molar-refractivity contribution in [1.82, 2.24) is 25.1 Å². The number of benzene rings is 1. The standard InChI is InChI=1S/C23H28ClN5O4/c1-4-23(3,21(31)28-11-13-29(14-12-28)22(32)33-5-2)27-20(30)17-15-18(24)26-19(25-17)16-9-7-6-8-10-16/h6-10,15H,4-5,11-14H2,1-3H3,(H,27,30). The van der Waals surface area contributed by atoms with E-state index in [1.165, 1.54) is 6.07 Å². The van der Waals surface area contributed by atoms with Crippen LogP contribution in [0.5, 0.6) is 0 Å². The zero-order chi connectivity index (χ0) is 24.0. The van der Waals surface area contributed by atoms with Crippen molar-refractivity contribution in [2.24, 2.45) is 0 Å². The maximum absolute atomic E-state index is 13.3. The molecule has 0 saturated carbocycles. The molecular formula is C23H28ClN5O4. The highest BCUT2D eigenvalue weighted by Gasteiger charge is 2.38. The topological polar surface area (TPSA) is 105 Å². The zero-order valence-electron chi connectivity index (χ0n) is 19.0. The Morgan fingerprint density at radius 1 is 1.06 bits per heavy atom. The first-order valence-corrected chi connectivity index (χ1v) is 11.3. The number of hydrogen-bond acceptors (Lipinski definition) is 6. The molecule has 1 atom stereocenters. The summed E-state index contributed by atoms with van der Waals surface area (Å²) in [6.45, 7) is 7.04. The molecule has 10 heteroatoms. The van der Waals surface area contributed by atoms with Gasteiger partial charge in [0.25, 0.3) is 5.91 Å². The third kappa shape index (κ3) is 5.78. The maximum atomic E-state index is 13.3. The SMILES string of the molecule is CCOC(=O)N1CCN(C(=O)C(C)(CC)NC(=O)c2cc(Cl)nc(-c3ccccc3)n2)CC1. The second kappa shape index (κ2) is 10.6. The summed E-state index contributed by atoms with van der Waals surface area (Å²) in [6, 6.07) is 10.6. The quantitative estimate of drug-likeness (QED) is 0.646. The van der Waals surface area contributed by atoms with Crippen LogP contribution in [0.4, 0.5) is 4.79 Å². The number of nitrogens with one attached hydrogen (secondary N) is 1. The Morgan fingerprint density at radius 3 is 2.30 bits per heavy atom. The molecule has 0 bridgehead atoms. The fraction of sp³-hybridized carbons (Fsp3) is 0.435. The average molecular weight is 474 g/mol. The number of nitrogens with zero attached hydrogens (tertiary/aromatic N) is 4. The maximum Gasteiger partial charge on any atom is 0.409 e. The highest BCUT2D eigenvalue weighted by Crippen LogP contribution is 2.20. The molecular weight excluding hydrogens is 446 g/mol. The molecule has 1 saturated heterocycles. The first kappa shape index (κ1) is 24.4. The summed E-state index contributed by atoms with van der Waals surface area (Å²) in [5.74, 6) is -0.405. The lowest BCUT2D eigenvalue weighted by Gasteiger charge is -2.39. The average Bonchev–Trinajstić information content (AvgIpc) is 2.83. The van der Waals surface area contributed by atoms with Gasteiger partial charge in [0.1, 0.15) is 16.4 Å². The van der Waals surface area contributed by atoms with Crippen molar-refractivity contribution in [1.29, 1.82) is 0 Å². The van der Waals surface area contributed by atoms with E-state index in [4.69, 9.17) is 16.3 Å². The van der Waals surface area contributed by atoms with Gasteiger partial charge >= 0.3 is 6.09 Å². The van der Waals surface area contributed by atoms with E-state index in [0.29, 0.717) is 45.0 Å². The molecule has 3 rings (SSSR count). The van der Waals surface area contributed by atoms with Gasteiger partial charge in [-0.2, -0.15) is 0 Å². The number of hydrogen-bond donors (Lipinski definition) is 1. The molecule has 1 aromatic heterocycles. The van der Waals surface area contributed by atoms with Crippen LogP contribution in [0, 0.1) is 0 Å². The Hall–Kier alpha value is -3.20. The van der Waals surface area contributed by atoms with Crippen molar-refractivity contribution >= 4 is 29.5 Å². The van der Waals surface area contributed by atoms with E-state index in [0.717, 1.165) is 5.56 Å². The molecule has 1 aliphatic heterocycles. The number of ether oxygens (including phenoxy) is 1. The molecule has 176 valence electrons. The predicted molar refractivity (Wildman–Crippen MR) is 124 cm³/mol. The molecule has 3 amide bonds. The molecule has 1 unspecified atom stereocenters. The fourth-order valence-electron chi connectivity index (χ4n) is 3.51. The van der Waals surface area contributed by atoms with Gasteiger partial charge in [0.2, 0.25) is 5.91 Å². The number of carbonyl (C=O) groups is 3. The first-order valence-electron chi connectivity index (χ1n) is 10.9. The van der Waals surface area contributed by atoms with Crippen LogP contribution in [0.15, 0.2) is 36.4 Å². The molecule has 2 aromatic rings. The molecule has 1 aromatic carbocycles. The normalized spacial score (nSPS) is 15.5. The van der Waals surface area contributed by atoms with Crippen LogP contribution in [-0.2, 0) is 9.53 Å². The molecule has 0 radical (unpaired) electrons. The summed E-state index contributed by atoms with van der Waals surface area (Å²) >= 11 is 6.15. The van der Waals surface area contributed by atoms with Crippen molar-refractivity contribution in [3.63, 3.8) is 0 Å². The van der Waals surface area contributed by atoms with Crippen molar-refractivity contribution in [2.75, 3.05) is 32.8 Å². The summed E-state index contributed by atoms with van der Waals surface area (Å²) in [6.07, 6.45) is -0.00830. The number of rotatable bonds is 6. The minimum Gasteiger partial charge on any atom is -0.450 e. The van der Waals surface area contributed by atoms with Gasteiger partial charge in [0.15, 0.2) is 5.82 Å². The van der Waals surface area contributed by atoms with Crippen molar-refractivity contribution in [2.45, 2.75) is 32.7 Å². The minimum absolute atomic E-state index is 0.0773. The highest BCUT2D eigenvalue weighted by atomic mass is 35.5. The van der Waals surface area contributed by atoms with E-state index in [-0.39, 0.29) is 22.8 Å². The molecule has 0 aliphatic carbocycles. The summed E-state index contributed by atoms with van der Waals surface area (Å²) in [5, 5.41) is 2.97. The zero-order valence-corrected chi connectivity index (χ0v) is 19.8. The summed E-state index contributed by atoms with van der Waals surface area (Å²) in [4.78, 5) is 50.0. The molecule has 0 spiro atoms. The number of carbonyl (C=O) groups excluding carboxylic acids is 3. The van der Waals surface area contributed by atoms with E-state index in [1.807, 2.05) is 37.3 Å². The number of amides is 3. The highest BCUT2D eigenvalue weighted by molar-refractivity contribution is 6.29. The smallest absolute Gasteiger partial charge is 0.409 e. The van der Waals surface area contributed by atoms with Gasteiger partial charge in [-0.1, -0.05) is 48.9 Å². The lowest BCUT2D eigenvalue weighted by Crippen LogP contribution is -2.61. The van der Waals surface area contributed by atoms with Crippen LogP contribution < -0.4 is 5.32 Å². The van der Waals surface area contributed by atoms with Crippen molar-refractivity contribution in [3.8, 4) is 11.4 Å². The minimum atomic E-state index is -1.15. The third-order valence-corrected chi connectivity index (χ3v) is 5.81. The molecule has 2 heterocycles. The van der Waals surface area contributed by atoms with Crippen LogP contribution in [-0.4, -0.2) is 76.0 Å². The van der Waals surface area contributed by atoms with Gasteiger partial charge in [0, 0.05) is 37.8 Å². The monoisotopic (exact) mass is 473 g/mol. The van der Waals surface area contributed by atoms with Gasteiger partial charge < -0.3 is 19.9 Å². The first-order chi connectivity index (χ1) is 15.8. The largest absolute Gasteiger partial charge is 0.450 e. The van der Waals surface area contributed by atoms with Crippen molar-refractivity contribution < 1.29 is 19.1 Å². The van der Waals surface area contributed by atoms with E-state index >= 15 is 0 Å². The molecule has 1 aliphatic rings. The lowest BCUT2D eigenvalue weighted by molar-refractivity contribution is -0.139. The Kier molecular flexibility index (Phi) is 7.86. The molecule has 9 nitrogen and oxygen atoms in total. The van der Waals surface area contributed by atoms with E-state index < -0.39 is 11.4 Å². The van der Waals surface area contributed by atoms with Crippen molar-refractivity contribution in [3.05, 3.63) is 47.2 Å². The Bertz CT molecular complexity index is 1010. The van der Waals surface area contributed by atoms with Gasteiger partial charge in [-0.05, 0) is 20.3 Å². The van der Waals surface area contributed by atoms with Gasteiger partial charge in [0.05, 0.1) is 6.61 Å². The Labute approximate surface area is 198 Å². The van der Waals surface area contributed by atoms with Gasteiger partial charge in [-0.3, -0.25) is 9.59 Å². The third-order valence-electron chi connectivity index (χ3n) is 5.62. The Balaban J connectivity index is 1.72. The van der Waals surface area contributed by atoms with Crippen LogP contribution in [0.2, 0.25) is 5.15 Å². The van der Waals surface area contributed by atoms with E-state index in [9.17, 15) is 14.4 Å². The second-order valence-corrected chi connectivity index (χ2v) is 8.27. The predicted octanol–water partition coefficient (Wildman–Crippen LogP) is 3.00. The van der Waals surface area contributed by atoms with Gasteiger partial charge in [-0.15, -0.1) is 0 Å². The van der Waals surface area contributed by atoms with Gasteiger partial charge in [-0.25, -0.2) is 14.8 Å². The molecule has 33 heavy (non-hydrogen) atoms. The summed E-state index contributed by atoms with van der Waals surface area (Å²) in [5.41, 5.74) is -0.343. The summed E-state index contributed by atoms with van der Waals surface area (Å²) in [7, 11) is 0. The fourth-order valence-corrected chi connectivity index (χ4v) is 3.70. The van der Waals surface area contributed by atoms with E-state index in [2.05, 4.69) is 15.3 Å².